The molecule has 65 heavy (non-hydrogen) atoms. The van der Waals surface area contributed by atoms with Crippen molar-refractivity contribution in [3.63, 3.8) is 0 Å². The first kappa shape index (κ1) is 47.2. The van der Waals surface area contributed by atoms with Gasteiger partial charge in [0.25, 0.3) is 0 Å². The van der Waals surface area contributed by atoms with E-state index in [1.165, 1.54) is 44.2 Å². The molecule has 0 saturated carbocycles. The molecule has 15 atom stereocenters. The number of hydrogen-bond acceptors (Lipinski definition) is 23. The molecule has 3 saturated heterocycles. The number of aliphatic hydroxyl groups is 8. The third kappa shape index (κ3) is 9.62. The third-order valence-electron chi connectivity index (χ3n) is 11.0. The highest BCUT2D eigenvalue weighted by atomic mass is 16.7. The number of carbonyl (C=O) groups excluding carboxylic acids is 1. The van der Waals surface area contributed by atoms with E-state index < -0.39 is 150 Å². The highest BCUT2D eigenvalue weighted by Crippen LogP contribution is 2.41. The van der Waals surface area contributed by atoms with Crippen LogP contribution in [0.3, 0.4) is 0 Å². The second-order valence-electron chi connectivity index (χ2n) is 15.5. The van der Waals surface area contributed by atoms with E-state index in [1.807, 2.05) is 0 Å². The zero-order chi connectivity index (χ0) is 47.2. The Kier molecular flexibility index (Phi) is 13.8. The predicted octanol–water partition coefficient (Wildman–Crippen LogP) is -1.51. The first-order valence-corrected chi connectivity index (χ1v) is 19.9. The molecule has 0 spiro atoms. The fourth-order valence-electron chi connectivity index (χ4n) is 7.25. The standard InChI is InChI=1S/C42H46O23/c1-14-28(49)32(53)34(55)40(59-14)61-18-11-23(47)27-24(12-18)62-37(17-5-7-20(44)22(46)10-17)39(31(27)52)65-42-36(57)38(29(50)15(2)60-42)64-41-35(56)33(54)30(51)25(63-41)13-58-26(48)8-4-16-3-6-19(43)21(45)9-16/h3-12,14-15,25,28-30,32-36,38,40-47,49-51,53-57H,13H2,1-2H3/t14-,15-,25+,28-,29-,30+,32+,33-,34+,35+,36+,38+,40+,41-,42+/m0/s1. The van der Waals surface area contributed by atoms with Crippen molar-refractivity contribution in [1.82, 2.24) is 0 Å². The van der Waals surface area contributed by atoms with Crippen LogP contribution in [0.1, 0.15) is 19.4 Å². The molecule has 0 unspecified atom stereocenters. The summed E-state index contributed by atoms with van der Waals surface area (Å²) >= 11 is 0. The van der Waals surface area contributed by atoms with Crippen molar-refractivity contribution < 1.29 is 109 Å². The maximum Gasteiger partial charge on any atom is 0.330 e. The third-order valence-corrected chi connectivity index (χ3v) is 11.0. The first-order valence-electron chi connectivity index (χ1n) is 19.9. The van der Waals surface area contributed by atoms with E-state index in [-0.39, 0.29) is 22.6 Å². The molecule has 4 aromatic rings. The normalized spacial score (nSPS) is 32.9. The number of rotatable bonds is 11. The number of ether oxygens (including phenoxy) is 7. The number of phenolic OH excluding ortho intramolecular Hbond substituents is 5. The van der Waals surface area contributed by atoms with Crippen LogP contribution >= 0.6 is 0 Å². The summed E-state index contributed by atoms with van der Waals surface area (Å²) in [6, 6.07) is 9.02. The number of fused-ring (bicyclic) bond motifs is 1. The Hall–Kier alpha value is -5.80. The number of phenols is 5. The van der Waals surface area contributed by atoms with Crippen LogP contribution in [0.15, 0.2) is 63.8 Å². The smallest absolute Gasteiger partial charge is 0.330 e. The molecule has 3 aliphatic rings. The first-order chi connectivity index (χ1) is 30.7. The summed E-state index contributed by atoms with van der Waals surface area (Å²) in [6.07, 6.45) is -23.5. The van der Waals surface area contributed by atoms with Gasteiger partial charge in [-0.25, -0.2) is 4.79 Å². The lowest BCUT2D eigenvalue weighted by Crippen LogP contribution is -2.64. The lowest BCUT2D eigenvalue weighted by Gasteiger charge is -2.45. The average molecular weight is 919 g/mol. The van der Waals surface area contributed by atoms with Gasteiger partial charge in [0, 0.05) is 23.8 Å². The van der Waals surface area contributed by atoms with E-state index in [0.29, 0.717) is 5.56 Å². The van der Waals surface area contributed by atoms with E-state index in [2.05, 4.69) is 0 Å². The number of aliphatic hydroxyl groups excluding tert-OH is 8. The van der Waals surface area contributed by atoms with Crippen LogP contribution in [0.5, 0.6) is 40.2 Å². The fraction of sp³-hybridized carbons (Fsp3) is 0.429. The summed E-state index contributed by atoms with van der Waals surface area (Å²) < 4.78 is 45.3. The minimum Gasteiger partial charge on any atom is -0.507 e. The molecule has 13 N–H and O–H groups in total. The highest BCUT2D eigenvalue weighted by molar-refractivity contribution is 5.89. The van der Waals surface area contributed by atoms with Gasteiger partial charge in [0.1, 0.15) is 90.1 Å². The lowest BCUT2D eigenvalue weighted by atomic mass is 9.97. The van der Waals surface area contributed by atoms with Gasteiger partial charge in [-0.3, -0.25) is 4.79 Å². The Balaban J connectivity index is 1.14. The largest absolute Gasteiger partial charge is 0.507 e. The predicted molar refractivity (Wildman–Crippen MR) is 214 cm³/mol. The minimum atomic E-state index is -2.08. The molecule has 0 aliphatic carbocycles. The summed E-state index contributed by atoms with van der Waals surface area (Å²) in [5.41, 5.74) is -1.29. The number of esters is 1. The van der Waals surface area contributed by atoms with Crippen LogP contribution in [-0.2, 0) is 28.5 Å². The fourth-order valence-corrected chi connectivity index (χ4v) is 7.25. The van der Waals surface area contributed by atoms with Gasteiger partial charge in [-0.05, 0) is 55.8 Å². The van der Waals surface area contributed by atoms with Gasteiger partial charge in [-0.15, -0.1) is 0 Å². The van der Waals surface area contributed by atoms with Gasteiger partial charge in [-0.1, -0.05) is 6.07 Å². The Morgan fingerprint density at radius 3 is 1.92 bits per heavy atom. The second-order valence-corrected chi connectivity index (χ2v) is 15.5. The molecule has 23 heteroatoms. The quantitative estimate of drug-likeness (QED) is 0.0462. The van der Waals surface area contributed by atoms with Gasteiger partial charge < -0.3 is 104 Å². The van der Waals surface area contributed by atoms with Crippen LogP contribution in [0, 0.1) is 0 Å². The summed E-state index contributed by atoms with van der Waals surface area (Å²) in [4.78, 5) is 26.7. The molecule has 352 valence electrons. The SMILES string of the molecule is C[C@@H]1O[C@H](Oc2cc(O)c3c(=O)c(O[C@H]4O[C@@H](C)[C@H](O)[C@@H](O[C@@H]5O[C@H](COC(=O)C=Cc6ccc(O)c(O)c6)[C@@H](O)[C@H](O)[C@H]5O)[C@H]4O)c(-c4ccc(O)c(O)c4)oc3c2)[C@H](O)[C@H](O)[C@H]1O. The van der Waals surface area contributed by atoms with Crippen molar-refractivity contribution in [3.8, 4) is 51.6 Å². The molecule has 0 radical (unpaired) electrons. The van der Waals surface area contributed by atoms with Gasteiger partial charge in [0.2, 0.25) is 23.8 Å². The summed E-state index contributed by atoms with van der Waals surface area (Å²) in [5.74, 6) is -5.32. The molecule has 23 nitrogen and oxygen atoms in total. The summed E-state index contributed by atoms with van der Waals surface area (Å²) in [6.45, 7) is 2.01. The van der Waals surface area contributed by atoms with E-state index in [0.717, 1.165) is 30.3 Å². The zero-order valence-corrected chi connectivity index (χ0v) is 34.0. The average Bonchev–Trinajstić information content (AvgIpc) is 3.26. The van der Waals surface area contributed by atoms with Crippen molar-refractivity contribution in [2.24, 2.45) is 0 Å². The van der Waals surface area contributed by atoms with Gasteiger partial charge in [0.05, 0.1) is 12.2 Å². The molecule has 4 heterocycles. The Morgan fingerprint density at radius 2 is 1.25 bits per heavy atom. The maximum atomic E-state index is 14.3. The molecule has 3 aromatic carbocycles. The van der Waals surface area contributed by atoms with E-state index in [9.17, 15) is 76.0 Å². The van der Waals surface area contributed by atoms with Crippen LogP contribution in [0.2, 0.25) is 0 Å². The van der Waals surface area contributed by atoms with Crippen molar-refractivity contribution in [2.45, 2.75) is 106 Å². The lowest BCUT2D eigenvalue weighted by molar-refractivity contribution is -0.350. The number of benzene rings is 3. The highest BCUT2D eigenvalue weighted by Gasteiger charge is 2.51. The Morgan fingerprint density at radius 1 is 0.631 bits per heavy atom. The van der Waals surface area contributed by atoms with Gasteiger partial charge in [0.15, 0.2) is 35.0 Å². The number of hydrogen-bond donors (Lipinski definition) is 13. The Bertz CT molecular complexity index is 2460. The van der Waals surface area contributed by atoms with Crippen molar-refractivity contribution in [1.29, 1.82) is 0 Å². The summed E-state index contributed by atoms with van der Waals surface area (Å²) in [5, 5.41) is 136. The molecular formula is C42H46O23. The molecular weight excluding hydrogens is 872 g/mol. The van der Waals surface area contributed by atoms with E-state index >= 15 is 0 Å². The van der Waals surface area contributed by atoms with Crippen molar-refractivity contribution in [2.75, 3.05) is 6.61 Å². The van der Waals surface area contributed by atoms with E-state index in [4.69, 9.17) is 37.6 Å². The number of aromatic hydroxyl groups is 5. The van der Waals surface area contributed by atoms with Gasteiger partial charge >= 0.3 is 5.97 Å². The zero-order valence-electron chi connectivity index (χ0n) is 34.0. The van der Waals surface area contributed by atoms with Crippen LogP contribution < -0.4 is 14.9 Å². The van der Waals surface area contributed by atoms with Crippen LogP contribution in [0.4, 0.5) is 0 Å². The minimum absolute atomic E-state index is 0.114. The topological polar surface area (TPSA) is 375 Å². The molecule has 0 amide bonds. The van der Waals surface area contributed by atoms with Crippen molar-refractivity contribution in [3.05, 3.63) is 70.4 Å². The molecule has 3 fully saturated rings. The van der Waals surface area contributed by atoms with Crippen LogP contribution in [0.25, 0.3) is 28.4 Å². The van der Waals surface area contributed by atoms with E-state index in [1.54, 1.807) is 0 Å². The molecule has 0 bridgehead atoms. The monoisotopic (exact) mass is 918 g/mol. The second kappa shape index (κ2) is 19.0. The van der Waals surface area contributed by atoms with Gasteiger partial charge in [-0.2, -0.15) is 0 Å². The molecule has 7 rings (SSSR count). The molecule has 3 aliphatic heterocycles. The Labute approximate surface area is 365 Å². The maximum absolute atomic E-state index is 14.3. The van der Waals surface area contributed by atoms with Crippen molar-refractivity contribution >= 4 is 23.0 Å². The summed E-state index contributed by atoms with van der Waals surface area (Å²) in [7, 11) is 0. The van der Waals surface area contributed by atoms with Crippen LogP contribution in [-0.4, -0.2) is 171 Å². The molecule has 1 aromatic heterocycles. The number of carbonyl (C=O) groups is 1.